The summed E-state index contributed by atoms with van der Waals surface area (Å²) in [5.41, 5.74) is 1.96. The molecule has 26 heavy (non-hydrogen) atoms. The lowest BCUT2D eigenvalue weighted by molar-refractivity contribution is -0.135. The maximum Gasteiger partial charge on any atom is 0.261 e. The van der Waals surface area contributed by atoms with E-state index in [1.807, 2.05) is 49.6 Å². The molecule has 1 fully saturated rings. The van der Waals surface area contributed by atoms with Gasteiger partial charge in [-0.3, -0.25) is 4.79 Å². The first-order valence-electron chi connectivity index (χ1n) is 8.57. The van der Waals surface area contributed by atoms with Crippen LogP contribution in [0.5, 0.6) is 5.75 Å². The molecule has 1 aromatic heterocycles. The Bertz CT molecular complexity index is 855. The second kappa shape index (κ2) is 7.80. The minimum Gasteiger partial charge on any atom is -0.483 e. The highest BCUT2D eigenvalue weighted by atomic mass is 32.2. The molecule has 1 saturated heterocycles. The molecular weight excluding hydrogens is 370 g/mol. The van der Waals surface area contributed by atoms with Crippen LogP contribution in [-0.2, 0) is 21.2 Å². The van der Waals surface area contributed by atoms with Crippen LogP contribution in [0.3, 0.4) is 0 Å². The molecule has 0 unspecified atom stereocenters. The number of sulfone groups is 1. The summed E-state index contributed by atoms with van der Waals surface area (Å²) in [6, 6.07) is 9.45. The van der Waals surface area contributed by atoms with Crippen molar-refractivity contribution in [3.63, 3.8) is 0 Å². The fraction of sp³-hybridized carbons (Fsp3) is 0.421. The Labute approximate surface area is 158 Å². The summed E-state index contributed by atoms with van der Waals surface area (Å²) in [6.45, 7) is 4.22. The van der Waals surface area contributed by atoms with E-state index in [0.29, 0.717) is 13.0 Å². The van der Waals surface area contributed by atoms with Crippen LogP contribution in [-0.4, -0.2) is 43.4 Å². The first-order valence-corrected chi connectivity index (χ1v) is 11.3. The molecule has 140 valence electrons. The van der Waals surface area contributed by atoms with Crippen molar-refractivity contribution >= 4 is 27.1 Å². The number of hydrogen-bond donors (Lipinski definition) is 0. The van der Waals surface area contributed by atoms with E-state index in [4.69, 9.17) is 4.74 Å². The predicted octanol–water partition coefficient (Wildman–Crippen LogP) is 2.96. The summed E-state index contributed by atoms with van der Waals surface area (Å²) in [5, 5.41) is 1.95. The van der Waals surface area contributed by atoms with Crippen LogP contribution >= 0.6 is 11.3 Å². The molecule has 0 radical (unpaired) electrons. The standard InChI is InChI=1S/C19H23NO4S2/c1-14-5-3-6-15(2)19(14)24-12-18(21)20(11-17-7-4-9-25-17)16-8-10-26(22,23)13-16/h3-7,9,16H,8,10-13H2,1-2H3/t16-/m1/s1. The molecule has 2 heterocycles. The lowest BCUT2D eigenvalue weighted by atomic mass is 10.1. The topological polar surface area (TPSA) is 63.7 Å². The SMILES string of the molecule is Cc1cccc(C)c1OCC(=O)N(Cc1cccs1)[C@@H]1CCS(=O)(=O)C1. The molecule has 1 atom stereocenters. The highest BCUT2D eigenvalue weighted by molar-refractivity contribution is 7.91. The minimum atomic E-state index is -3.06. The number of amides is 1. The van der Waals surface area contributed by atoms with Crippen molar-refractivity contribution in [2.45, 2.75) is 32.9 Å². The Morgan fingerprint density at radius 1 is 1.23 bits per heavy atom. The van der Waals surface area contributed by atoms with Crippen molar-refractivity contribution < 1.29 is 17.9 Å². The Balaban J connectivity index is 1.74. The van der Waals surface area contributed by atoms with Gasteiger partial charge in [0.1, 0.15) is 5.75 Å². The number of thiophene rings is 1. The maximum absolute atomic E-state index is 12.9. The van der Waals surface area contributed by atoms with E-state index in [9.17, 15) is 13.2 Å². The minimum absolute atomic E-state index is 0.0352. The zero-order valence-electron chi connectivity index (χ0n) is 15.0. The lowest BCUT2D eigenvalue weighted by Crippen LogP contribution is -2.43. The van der Waals surface area contributed by atoms with Gasteiger partial charge in [-0.15, -0.1) is 11.3 Å². The van der Waals surface area contributed by atoms with Crippen molar-refractivity contribution in [3.8, 4) is 5.75 Å². The molecule has 0 saturated carbocycles. The number of rotatable bonds is 6. The van der Waals surface area contributed by atoms with Gasteiger partial charge in [0.25, 0.3) is 5.91 Å². The number of para-hydroxylation sites is 1. The van der Waals surface area contributed by atoms with Gasteiger partial charge < -0.3 is 9.64 Å². The Morgan fingerprint density at radius 3 is 2.54 bits per heavy atom. The zero-order valence-corrected chi connectivity index (χ0v) is 16.6. The molecule has 2 aromatic rings. The van der Waals surface area contributed by atoms with Crippen molar-refractivity contribution in [1.29, 1.82) is 0 Å². The highest BCUT2D eigenvalue weighted by Gasteiger charge is 2.35. The van der Waals surface area contributed by atoms with Crippen LogP contribution in [0.15, 0.2) is 35.7 Å². The van der Waals surface area contributed by atoms with E-state index in [2.05, 4.69) is 0 Å². The molecule has 0 aliphatic carbocycles. The Hall–Kier alpha value is -1.86. The fourth-order valence-electron chi connectivity index (χ4n) is 3.26. The van der Waals surface area contributed by atoms with Gasteiger partial charge in [-0.1, -0.05) is 24.3 Å². The molecule has 0 bridgehead atoms. The van der Waals surface area contributed by atoms with E-state index < -0.39 is 9.84 Å². The number of ether oxygens (including phenoxy) is 1. The van der Waals surface area contributed by atoms with Crippen molar-refractivity contribution in [2.24, 2.45) is 0 Å². The van der Waals surface area contributed by atoms with Crippen LogP contribution in [0.1, 0.15) is 22.4 Å². The largest absolute Gasteiger partial charge is 0.483 e. The monoisotopic (exact) mass is 393 g/mol. The lowest BCUT2D eigenvalue weighted by Gasteiger charge is -2.28. The predicted molar refractivity (Wildman–Crippen MR) is 103 cm³/mol. The average Bonchev–Trinajstić information content (AvgIpc) is 3.21. The van der Waals surface area contributed by atoms with Crippen molar-refractivity contribution in [1.82, 2.24) is 4.90 Å². The molecule has 7 heteroatoms. The number of nitrogens with zero attached hydrogens (tertiary/aromatic N) is 1. The Morgan fingerprint density at radius 2 is 1.96 bits per heavy atom. The quantitative estimate of drug-likeness (QED) is 0.757. The molecule has 1 aliphatic heterocycles. The van der Waals surface area contributed by atoms with Crippen LogP contribution in [0.4, 0.5) is 0 Å². The molecule has 0 N–H and O–H groups in total. The molecule has 3 rings (SSSR count). The van der Waals surface area contributed by atoms with E-state index in [0.717, 1.165) is 21.8 Å². The fourth-order valence-corrected chi connectivity index (χ4v) is 5.69. The second-order valence-corrected chi connectivity index (χ2v) is 9.93. The van der Waals surface area contributed by atoms with Crippen molar-refractivity contribution in [2.75, 3.05) is 18.1 Å². The summed E-state index contributed by atoms with van der Waals surface area (Å²) in [7, 11) is -3.06. The van der Waals surface area contributed by atoms with Gasteiger partial charge in [-0.2, -0.15) is 0 Å². The first-order chi connectivity index (χ1) is 12.4. The summed E-state index contributed by atoms with van der Waals surface area (Å²) in [6.07, 6.45) is 0.489. The summed E-state index contributed by atoms with van der Waals surface area (Å²) in [4.78, 5) is 15.6. The zero-order chi connectivity index (χ0) is 18.7. The van der Waals surface area contributed by atoms with Gasteiger partial charge in [0.2, 0.25) is 0 Å². The van der Waals surface area contributed by atoms with Gasteiger partial charge in [-0.05, 0) is 42.8 Å². The maximum atomic E-state index is 12.9. The molecule has 1 aliphatic rings. The molecule has 5 nitrogen and oxygen atoms in total. The molecule has 1 aromatic carbocycles. The van der Waals surface area contributed by atoms with Crippen LogP contribution in [0.25, 0.3) is 0 Å². The number of benzene rings is 1. The van der Waals surface area contributed by atoms with Gasteiger partial charge in [0, 0.05) is 10.9 Å². The number of carbonyl (C=O) groups is 1. The summed E-state index contributed by atoms with van der Waals surface area (Å²) in [5.74, 6) is 0.719. The number of aryl methyl sites for hydroxylation is 2. The van der Waals surface area contributed by atoms with E-state index in [-0.39, 0.29) is 30.1 Å². The smallest absolute Gasteiger partial charge is 0.261 e. The molecular formula is C19H23NO4S2. The number of hydrogen-bond acceptors (Lipinski definition) is 5. The normalized spacial score (nSPS) is 18.6. The Kier molecular flexibility index (Phi) is 5.67. The third-order valence-corrected chi connectivity index (χ3v) is 7.24. The highest BCUT2D eigenvalue weighted by Crippen LogP contribution is 2.24. The van der Waals surface area contributed by atoms with Gasteiger partial charge >= 0.3 is 0 Å². The molecule has 1 amide bonds. The summed E-state index contributed by atoms with van der Waals surface area (Å²) < 4.78 is 29.5. The van der Waals surface area contributed by atoms with Crippen LogP contribution in [0.2, 0.25) is 0 Å². The van der Waals surface area contributed by atoms with Gasteiger partial charge in [0.05, 0.1) is 18.1 Å². The molecule has 0 spiro atoms. The van der Waals surface area contributed by atoms with Crippen LogP contribution < -0.4 is 4.74 Å². The first kappa shape index (κ1) is 18.9. The van der Waals surface area contributed by atoms with Crippen LogP contribution in [0, 0.1) is 13.8 Å². The number of carbonyl (C=O) groups excluding carboxylic acids is 1. The van der Waals surface area contributed by atoms with E-state index >= 15 is 0 Å². The van der Waals surface area contributed by atoms with E-state index in [1.54, 1.807) is 16.2 Å². The van der Waals surface area contributed by atoms with E-state index in [1.165, 1.54) is 0 Å². The van der Waals surface area contributed by atoms with Gasteiger partial charge in [0.15, 0.2) is 16.4 Å². The third-order valence-electron chi connectivity index (χ3n) is 4.62. The second-order valence-electron chi connectivity index (χ2n) is 6.67. The summed E-state index contributed by atoms with van der Waals surface area (Å²) >= 11 is 1.56. The average molecular weight is 394 g/mol. The van der Waals surface area contributed by atoms with Gasteiger partial charge in [-0.25, -0.2) is 8.42 Å². The third kappa shape index (κ3) is 4.45. The van der Waals surface area contributed by atoms with Crippen molar-refractivity contribution in [3.05, 3.63) is 51.7 Å².